The molecule has 0 bridgehead atoms. The second kappa shape index (κ2) is 7.59. The Morgan fingerprint density at radius 2 is 2.25 bits per heavy atom. The molecule has 2 heterocycles. The highest BCUT2D eigenvalue weighted by Crippen LogP contribution is 1.98. The Morgan fingerprint density at radius 3 is 3.05 bits per heavy atom. The van der Waals surface area contributed by atoms with E-state index in [0.717, 1.165) is 25.1 Å². The highest BCUT2D eigenvalue weighted by Gasteiger charge is 2.21. The summed E-state index contributed by atoms with van der Waals surface area (Å²) in [7, 11) is 0. The monoisotopic (exact) mass is 276 g/mol. The molecule has 1 saturated heterocycles. The van der Waals surface area contributed by atoms with E-state index in [1.165, 1.54) is 0 Å². The van der Waals surface area contributed by atoms with Crippen LogP contribution in [-0.2, 0) is 16.0 Å². The zero-order valence-corrected chi connectivity index (χ0v) is 11.5. The highest BCUT2D eigenvalue weighted by molar-refractivity contribution is 6.35. The number of aromatic nitrogens is 1. The zero-order valence-electron chi connectivity index (χ0n) is 11.5. The molecule has 1 fully saturated rings. The number of hydrogen-bond donors (Lipinski definition) is 2. The predicted molar refractivity (Wildman–Crippen MR) is 75.0 cm³/mol. The number of pyridine rings is 1. The van der Waals surface area contributed by atoms with Crippen LogP contribution in [0.1, 0.15) is 12.0 Å². The Labute approximate surface area is 118 Å². The third kappa shape index (κ3) is 4.31. The maximum absolute atomic E-state index is 12.0. The van der Waals surface area contributed by atoms with Crippen molar-refractivity contribution in [3.05, 3.63) is 30.1 Å². The van der Waals surface area contributed by atoms with Crippen molar-refractivity contribution in [1.82, 2.24) is 20.5 Å². The van der Waals surface area contributed by atoms with Gasteiger partial charge < -0.3 is 15.5 Å². The fraction of sp³-hybridized carbons (Fsp3) is 0.500. The molecule has 0 radical (unpaired) electrons. The molecule has 1 aromatic rings. The van der Waals surface area contributed by atoms with Crippen LogP contribution >= 0.6 is 0 Å². The van der Waals surface area contributed by atoms with Gasteiger partial charge in [0, 0.05) is 38.6 Å². The largest absolute Gasteiger partial charge is 0.347 e. The van der Waals surface area contributed by atoms with E-state index in [-0.39, 0.29) is 0 Å². The van der Waals surface area contributed by atoms with Crippen molar-refractivity contribution in [3.8, 4) is 0 Å². The van der Waals surface area contributed by atoms with Crippen molar-refractivity contribution in [2.75, 3.05) is 32.7 Å². The third-order valence-electron chi connectivity index (χ3n) is 3.24. The van der Waals surface area contributed by atoms with Gasteiger partial charge in [0.15, 0.2) is 0 Å². The molecule has 2 amide bonds. The van der Waals surface area contributed by atoms with Crippen LogP contribution < -0.4 is 10.6 Å². The number of carbonyl (C=O) groups excluding carboxylic acids is 2. The quantitative estimate of drug-likeness (QED) is 0.734. The number of nitrogens with one attached hydrogen (secondary N) is 2. The number of rotatable bonds is 3. The summed E-state index contributed by atoms with van der Waals surface area (Å²) in [6.45, 7) is 3.32. The summed E-state index contributed by atoms with van der Waals surface area (Å²) in [5.41, 5.74) is 1.04. The molecule has 1 aliphatic rings. The summed E-state index contributed by atoms with van der Waals surface area (Å²) in [5.74, 6) is -0.948. The van der Waals surface area contributed by atoms with E-state index in [9.17, 15) is 9.59 Å². The summed E-state index contributed by atoms with van der Waals surface area (Å²) in [5, 5.41) is 5.87. The Morgan fingerprint density at radius 1 is 1.35 bits per heavy atom. The highest BCUT2D eigenvalue weighted by atomic mass is 16.2. The van der Waals surface area contributed by atoms with Gasteiger partial charge in [0.05, 0.1) is 0 Å². The second-order valence-electron chi connectivity index (χ2n) is 4.76. The minimum Gasteiger partial charge on any atom is -0.347 e. The molecule has 6 nitrogen and oxygen atoms in total. The lowest BCUT2D eigenvalue weighted by Gasteiger charge is -2.19. The second-order valence-corrected chi connectivity index (χ2v) is 4.76. The first-order chi connectivity index (χ1) is 9.77. The zero-order chi connectivity index (χ0) is 14.2. The van der Waals surface area contributed by atoms with Crippen molar-refractivity contribution in [3.63, 3.8) is 0 Å². The molecule has 0 saturated carbocycles. The van der Waals surface area contributed by atoms with Gasteiger partial charge in [-0.25, -0.2) is 0 Å². The topological polar surface area (TPSA) is 74.3 Å². The molecule has 0 aromatic carbocycles. The van der Waals surface area contributed by atoms with E-state index in [4.69, 9.17) is 0 Å². The molecule has 0 spiro atoms. The van der Waals surface area contributed by atoms with Gasteiger partial charge in [-0.3, -0.25) is 14.6 Å². The van der Waals surface area contributed by atoms with Crippen LogP contribution in [0.15, 0.2) is 24.5 Å². The van der Waals surface area contributed by atoms with Crippen molar-refractivity contribution in [2.45, 2.75) is 12.8 Å². The SMILES string of the molecule is O=C(NCCc1cccnc1)C(=O)N1CCCNCC1. The Kier molecular flexibility index (Phi) is 5.49. The molecular formula is C14H20N4O2. The summed E-state index contributed by atoms with van der Waals surface area (Å²) in [6, 6.07) is 3.80. The fourth-order valence-electron chi connectivity index (χ4n) is 2.13. The molecule has 108 valence electrons. The maximum atomic E-state index is 12.0. The minimum atomic E-state index is -0.518. The number of carbonyl (C=O) groups is 2. The Bertz CT molecular complexity index is 442. The van der Waals surface area contributed by atoms with Crippen LogP contribution in [0, 0.1) is 0 Å². The van der Waals surface area contributed by atoms with Crippen LogP contribution in [0.4, 0.5) is 0 Å². The van der Waals surface area contributed by atoms with E-state index in [2.05, 4.69) is 15.6 Å². The summed E-state index contributed by atoms with van der Waals surface area (Å²) in [6.07, 6.45) is 5.02. The average Bonchev–Trinajstić information content (AvgIpc) is 2.76. The normalized spacial score (nSPS) is 15.5. The molecular weight excluding hydrogens is 256 g/mol. The first kappa shape index (κ1) is 14.5. The van der Waals surface area contributed by atoms with Gasteiger partial charge in [-0.15, -0.1) is 0 Å². The first-order valence-corrected chi connectivity index (χ1v) is 6.94. The summed E-state index contributed by atoms with van der Waals surface area (Å²) >= 11 is 0. The Balaban J connectivity index is 1.75. The van der Waals surface area contributed by atoms with E-state index < -0.39 is 11.8 Å². The number of nitrogens with zero attached hydrogens (tertiary/aromatic N) is 2. The van der Waals surface area contributed by atoms with E-state index in [0.29, 0.717) is 26.1 Å². The van der Waals surface area contributed by atoms with Gasteiger partial charge in [0.1, 0.15) is 0 Å². The van der Waals surface area contributed by atoms with E-state index in [1.807, 2.05) is 12.1 Å². The smallest absolute Gasteiger partial charge is 0.311 e. The van der Waals surface area contributed by atoms with Crippen LogP contribution in [0.25, 0.3) is 0 Å². The lowest BCUT2D eigenvalue weighted by atomic mass is 10.2. The van der Waals surface area contributed by atoms with Crippen LogP contribution in [-0.4, -0.2) is 54.4 Å². The third-order valence-corrected chi connectivity index (χ3v) is 3.24. The number of hydrogen-bond acceptors (Lipinski definition) is 4. The first-order valence-electron chi connectivity index (χ1n) is 6.94. The molecule has 1 aromatic heterocycles. The summed E-state index contributed by atoms with van der Waals surface area (Å²) < 4.78 is 0. The summed E-state index contributed by atoms with van der Waals surface area (Å²) in [4.78, 5) is 29.4. The molecule has 6 heteroatoms. The molecule has 0 atom stereocenters. The Hall–Kier alpha value is -1.95. The van der Waals surface area contributed by atoms with Gasteiger partial charge in [-0.2, -0.15) is 0 Å². The van der Waals surface area contributed by atoms with Crippen LogP contribution in [0.2, 0.25) is 0 Å². The standard InChI is InChI=1S/C14H20N4O2/c19-13(14(20)18-9-2-6-15-8-10-18)17-7-4-12-3-1-5-16-11-12/h1,3,5,11,15H,2,4,6-10H2,(H,17,19). The van der Waals surface area contributed by atoms with Crippen molar-refractivity contribution >= 4 is 11.8 Å². The molecule has 1 aliphatic heterocycles. The van der Waals surface area contributed by atoms with Crippen LogP contribution in [0.3, 0.4) is 0 Å². The minimum absolute atomic E-state index is 0.431. The van der Waals surface area contributed by atoms with Gasteiger partial charge in [-0.05, 0) is 31.0 Å². The van der Waals surface area contributed by atoms with Gasteiger partial charge in [0.25, 0.3) is 0 Å². The van der Waals surface area contributed by atoms with Crippen LogP contribution in [0.5, 0.6) is 0 Å². The molecule has 2 N–H and O–H groups in total. The maximum Gasteiger partial charge on any atom is 0.311 e. The molecule has 0 aliphatic carbocycles. The van der Waals surface area contributed by atoms with Gasteiger partial charge >= 0.3 is 11.8 Å². The van der Waals surface area contributed by atoms with Crippen molar-refractivity contribution < 1.29 is 9.59 Å². The lowest BCUT2D eigenvalue weighted by molar-refractivity contribution is -0.145. The molecule has 20 heavy (non-hydrogen) atoms. The molecule has 0 unspecified atom stereocenters. The molecule has 2 rings (SSSR count). The average molecular weight is 276 g/mol. The lowest BCUT2D eigenvalue weighted by Crippen LogP contribution is -2.44. The van der Waals surface area contributed by atoms with Crippen molar-refractivity contribution in [2.24, 2.45) is 0 Å². The van der Waals surface area contributed by atoms with E-state index in [1.54, 1.807) is 17.3 Å². The van der Waals surface area contributed by atoms with Crippen molar-refractivity contribution in [1.29, 1.82) is 0 Å². The fourth-order valence-corrected chi connectivity index (χ4v) is 2.13. The van der Waals surface area contributed by atoms with Gasteiger partial charge in [-0.1, -0.05) is 6.07 Å². The predicted octanol–water partition coefficient (Wildman–Crippen LogP) is -0.438. The van der Waals surface area contributed by atoms with Gasteiger partial charge in [0.2, 0.25) is 0 Å². The van der Waals surface area contributed by atoms with E-state index >= 15 is 0 Å². The number of amides is 2.